The number of cyclic esters (lactones) is 1. The topological polar surface area (TPSA) is 26.3 Å². The molecule has 2 nitrogen and oxygen atoms in total. The number of carbonyl (C=O) groups is 1. The van der Waals surface area contributed by atoms with Gasteiger partial charge in [0.15, 0.2) is 0 Å². The zero-order valence-corrected chi connectivity index (χ0v) is 2.32. The Morgan fingerprint density at radius 1 is 1.80 bits per heavy atom. The Balaban J connectivity index is 2.87. The van der Waals surface area contributed by atoms with E-state index < -0.39 is 5.97 Å². The van der Waals surface area contributed by atoms with Crippen LogP contribution >= 0.6 is 0 Å². The van der Waals surface area contributed by atoms with Crippen molar-refractivity contribution in [1.82, 2.24) is 0 Å². The summed E-state index contributed by atoms with van der Waals surface area (Å²) in [6, 6.07) is 0. The van der Waals surface area contributed by atoms with Gasteiger partial charge < -0.3 is 4.74 Å². The maximum atomic E-state index is 9.50. The van der Waals surface area contributed by atoms with Crippen LogP contribution in [0.4, 0.5) is 0 Å². The summed E-state index contributed by atoms with van der Waals surface area (Å²) in [5, 5.41) is 0. The maximum absolute atomic E-state index is 9.50. The average Bonchev–Trinajstić information content (AvgIpc) is 1.30. The van der Waals surface area contributed by atoms with Gasteiger partial charge in [-0.1, -0.05) is 0 Å². The number of carbonyl (C=O) groups excluding carboxylic acids is 1. The predicted octanol–water partition coefficient (Wildman–Crippen LogP) is -0.496. The molecule has 1 aliphatic rings. The first-order chi connectivity index (χ1) is 2.39. The Labute approximate surface area is 28.7 Å². The fraction of sp³-hybridized carbons (Fsp3) is 0. The van der Waals surface area contributed by atoms with Crippen LogP contribution in [0.25, 0.3) is 0 Å². The third-order valence-corrected chi connectivity index (χ3v) is 0.297. The normalized spacial score (nSPS) is 14.0. The van der Waals surface area contributed by atoms with Crippen LogP contribution in [-0.2, 0) is 9.53 Å². The quantitative estimate of drug-likeness (QED) is 0.282. The van der Waals surface area contributed by atoms with Gasteiger partial charge in [0.2, 0.25) is 0 Å². The van der Waals surface area contributed by atoms with Crippen LogP contribution in [0.15, 0.2) is 0 Å². The van der Waals surface area contributed by atoms with Gasteiger partial charge in [0.05, 0.1) is 5.92 Å². The molecule has 0 amide bonds. The molecule has 0 unspecified atom stereocenters. The summed E-state index contributed by atoms with van der Waals surface area (Å²) in [6.45, 7) is 0. The fourth-order valence-corrected chi connectivity index (χ4v) is 0.0927. The SMILES string of the molecule is O=C1C#CO1. The number of hydrogen-bond donors (Lipinski definition) is 0. The Morgan fingerprint density at radius 3 is 2.20 bits per heavy atom. The average molecular weight is 68.0 g/mol. The standard InChI is InChI=1S/C3O2/c4-3-1-2-5-3. The van der Waals surface area contributed by atoms with Gasteiger partial charge >= 0.3 is 5.97 Å². The molecule has 1 aliphatic heterocycles. The van der Waals surface area contributed by atoms with Crippen LogP contribution in [0.5, 0.6) is 0 Å². The lowest BCUT2D eigenvalue weighted by atomic mass is 10.6. The van der Waals surface area contributed by atoms with Gasteiger partial charge in [-0.2, -0.15) is 0 Å². The van der Waals surface area contributed by atoms with Gasteiger partial charge in [-0.05, 0) is 0 Å². The van der Waals surface area contributed by atoms with E-state index in [2.05, 4.69) is 16.8 Å². The second kappa shape index (κ2) is 0.494. The van der Waals surface area contributed by atoms with Crippen LogP contribution in [0.2, 0.25) is 0 Å². The van der Waals surface area contributed by atoms with E-state index >= 15 is 0 Å². The molecule has 0 aromatic carbocycles. The van der Waals surface area contributed by atoms with Crippen LogP contribution in [0.3, 0.4) is 0 Å². The van der Waals surface area contributed by atoms with E-state index in [1.807, 2.05) is 0 Å². The number of esters is 1. The highest BCUT2D eigenvalue weighted by atomic mass is 16.5. The lowest BCUT2D eigenvalue weighted by Gasteiger charge is -1.87. The van der Waals surface area contributed by atoms with E-state index in [1.54, 1.807) is 0 Å². The van der Waals surface area contributed by atoms with Crippen molar-refractivity contribution in [2.75, 3.05) is 0 Å². The molecule has 0 atom stereocenters. The van der Waals surface area contributed by atoms with E-state index in [9.17, 15) is 4.79 Å². The van der Waals surface area contributed by atoms with Crippen LogP contribution < -0.4 is 0 Å². The van der Waals surface area contributed by atoms with E-state index in [4.69, 9.17) is 0 Å². The van der Waals surface area contributed by atoms with E-state index in [0.29, 0.717) is 0 Å². The first-order valence-electron chi connectivity index (χ1n) is 1.11. The zero-order valence-electron chi connectivity index (χ0n) is 2.32. The first-order valence-corrected chi connectivity index (χ1v) is 1.11. The highest BCUT2D eigenvalue weighted by Crippen LogP contribution is 1.79. The Kier molecular flexibility index (Phi) is 0.225. The smallest absolute Gasteiger partial charge is 0.362 e. The summed E-state index contributed by atoms with van der Waals surface area (Å²) in [7, 11) is 0. The van der Waals surface area contributed by atoms with E-state index in [1.165, 1.54) is 0 Å². The molecule has 0 saturated heterocycles. The molecule has 0 spiro atoms. The molecule has 0 aromatic heterocycles. The van der Waals surface area contributed by atoms with Crippen molar-refractivity contribution in [3.63, 3.8) is 0 Å². The third-order valence-electron chi connectivity index (χ3n) is 0.297. The van der Waals surface area contributed by atoms with Crippen molar-refractivity contribution in [1.29, 1.82) is 0 Å². The van der Waals surface area contributed by atoms with Crippen LogP contribution in [0.1, 0.15) is 0 Å². The molecule has 5 heavy (non-hydrogen) atoms. The molecule has 0 aromatic rings. The minimum atomic E-state index is -0.426. The predicted molar refractivity (Wildman–Crippen MR) is 13.9 cm³/mol. The van der Waals surface area contributed by atoms with Crippen LogP contribution in [-0.4, -0.2) is 5.97 Å². The Hall–Kier alpha value is -0.970. The molecule has 0 aliphatic carbocycles. The van der Waals surface area contributed by atoms with Crippen molar-refractivity contribution >= 4 is 5.97 Å². The molecular formula is C3O2. The summed E-state index contributed by atoms with van der Waals surface area (Å²) in [5.74, 6) is 1.67. The second-order valence-electron chi connectivity index (χ2n) is 0.617. The molecule has 1 rings (SSSR count). The van der Waals surface area contributed by atoms with Crippen molar-refractivity contribution < 1.29 is 9.53 Å². The van der Waals surface area contributed by atoms with Crippen molar-refractivity contribution in [2.45, 2.75) is 0 Å². The van der Waals surface area contributed by atoms with Crippen LogP contribution in [0, 0.1) is 12.0 Å². The third kappa shape index (κ3) is 0.127. The van der Waals surface area contributed by atoms with Gasteiger partial charge in [0, 0.05) is 0 Å². The molecule has 0 bridgehead atoms. The maximum Gasteiger partial charge on any atom is 0.401 e. The van der Waals surface area contributed by atoms with Gasteiger partial charge in [0.25, 0.3) is 0 Å². The monoisotopic (exact) mass is 68.0 g/mol. The molecule has 24 valence electrons. The Morgan fingerprint density at radius 2 is 2.20 bits per heavy atom. The number of rotatable bonds is 0. The zero-order chi connectivity index (χ0) is 3.70. The van der Waals surface area contributed by atoms with Gasteiger partial charge in [-0.15, -0.1) is 0 Å². The molecular weight excluding hydrogens is 68.0 g/mol. The summed E-state index contributed by atoms with van der Waals surface area (Å²) < 4.78 is 3.93. The van der Waals surface area contributed by atoms with Crippen molar-refractivity contribution in [3.05, 3.63) is 0 Å². The summed E-state index contributed by atoms with van der Waals surface area (Å²) in [4.78, 5) is 9.50. The highest BCUT2D eigenvalue weighted by Gasteiger charge is 1.99. The van der Waals surface area contributed by atoms with E-state index in [0.717, 1.165) is 0 Å². The summed E-state index contributed by atoms with van der Waals surface area (Å²) >= 11 is 0. The summed E-state index contributed by atoms with van der Waals surface area (Å²) in [5.41, 5.74) is 0. The lowest BCUT2D eigenvalue weighted by molar-refractivity contribution is -0.132. The van der Waals surface area contributed by atoms with Crippen molar-refractivity contribution in [2.24, 2.45) is 0 Å². The van der Waals surface area contributed by atoms with E-state index in [-0.39, 0.29) is 0 Å². The molecule has 1 heterocycles. The molecule has 0 saturated carbocycles. The van der Waals surface area contributed by atoms with Crippen molar-refractivity contribution in [3.8, 4) is 12.0 Å². The molecule has 0 radical (unpaired) electrons. The first kappa shape index (κ1) is 2.28. The number of ether oxygens (including phenoxy) is 1. The molecule has 0 fully saturated rings. The second-order valence-corrected chi connectivity index (χ2v) is 0.617. The molecule has 2 heteroatoms. The minimum absolute atomic E-state index is 0.426. The fourth-order valence-electron chi connectivity index (χ4n) is 0.0927. The minimum Gasteiger partial charge on any atom is -0.362 e. The highest BCUT2D eigenvalue weighted by molar-refractivity contribution is 5.93. The molecule has 0 N–H and O–H groups in total. The van der Waals surface area contributed by atoms with Gasteiger partial charge in [-0.25, -0.2) is 4.79 Å². The largest absolute Gasteiger partial charge is 0.401 e. The Bertz CT molecular complexity index is 115. The summed E-state index contributed by atoms with van der Waals surface area (Å²) in [6.07, 6.45) is 2.06. The van der Waals surface area contributed by atoms with Gasteiger partial charge in [-0.3, -0.25) is 0 Å². The lowest BCUT2D eigenvalue weighted by Crippen LogP contribution is -2.02. The number of hydrogen-bond acceptors (Lipinski definition) is 2. The van der Waals surface area contributed by atoms with Gasteiger partial charge in [0.1, 0.15) is 6.11 Å².